The van der Waals surface area contributed by atoms with E-state index in [1.807, 2.05) is 0 Å². The van der Waals surface area contributed by atoms with Crippen molar-refractivity contribution in [2.75, 3.05) is 7.11 Å². The third kappa shape index (κ3) is 3.01. The molecule has 0 aliphatic carbocycles. The van der Waals surface area contributed by atoms with E-state index in [2.05, 4.69) is 0 Å². The molecule has 0 amide bonds. The van der Waals surface area contributed by atoms with Gasteiger partial charge in [0.2, 0.25) is 0 Å². The zero-order valence-corrected chi connectivity index (χ0v) is 10.9. The van der Waals surface area contributed by atoms with Gasteiger partial charge >= 0.3 is 0 Å². The van der Waals surface area contributed by atoms with Gasteiger partial charge in [0.05, 0.1) is 7.11 Å². The lowest BCUT2D eigenvalue weighted by molar-refractivity contribution is 0.0170. The topological polar surface area (TPSA) is 90.2 Å². The molecule has 20 heavy (non-hydrogen) atoms. The molecule has 0 bridgehead atoms. The van der Waals surface area contributed by atoms with Crippen molar-refractivity contribution in [1.82, 2.24) is 0 Å². The first kappa shape index (κ1) is 14.2. The number of ether oxygens (including phenoxy) is 1. The van der Waals surface area contributed by atoms with Crippen LogP contribution in [0.25, 0.3) is 0 Å². The van der Waals surface area contributed by atoms with Crippen molar-refractivity contribution in [1.29, 1.82) is 0 Å². The fourth-order valence-electron chi connectivity index (χ4n) is 1.95. The van der Waals surface area contributed by atoms with Crippen LogP contribution in [0, 0.1) is 0 Å². The van der Waals surface area contributed by atoms with E-state index in [0.29, 0.717) is 11.3 Å². The SMILES string of the molecule is COc1ccc(C(O)C(O)c2cc(O)cc(O)c2)cc1. The zero-order valence-electron chi connectivity index (χ0n) is 10.9. The first-order valence-electron chi connectivity index (χ1n) is 6.04. The summed E-state index contributed by atoms with van der Waals surface area (Å²) in [5.41, 5.74) is 0.729. The monoisotopic (exact) mass is 276 g/mol. The molecule has 2 rings (SSSR count). The van der Waals surface area contributed by atoms with Gasteiger partial charge in [-0.1, -0.05) is 12.1 Å². The Morgan fingerprint density at radius 3 is 1.80 bits per heavy atom. The van der Waals surface area contributed by atoms with E-state index in [-0.39, 0.29) is 17.1 Å². The molecule has 0 aliphatic rings. The highest BCUT2D eigenvalue weighted by Gasteiger charge is 2.21. The summed E-state index contributed by atoms with van der Waals surface area (Å²) in [6, 6.07) is 10.3. The van der Waals surface area contributed by atoms with Gasteiger partial charge in [-0.25, -0.2) is 0 Å². The molecule has 0 fully saturated rings. The molecular weight excluding hydrogens is 260 g/mol. The van der Waals surface area contributed by atoms with Crippen LogP contribution in [-0.4, -0.2) is 27.5 Å². The predicted molar refractivity (Wildman–Crippen MR) is 72.7 cm³/mol. The van der Waals surface area contributed by atoms with E-state index >= 15 is 0 Å². The molecule has 2 unspecified atom stereocenters. The summed E-state index contributed by atoms with van der Waals surface area (Å²) in [6.07, 6.45) is -2.44. The molecule has 0 heterocycles. The van der Waals surface area contributed by atoms with Gasteiger partial charge in [-0.05, 0) is 35.4 Å². The van der Waals surface area contributed by atoms with E-state index in [1.54, 1.807) is 24.3 Å². The van der Waals surface area contributed by atoms with Crippen LogP contribution in [0.15, 0.2) is 42.5 Å². The Morgan fingerprint density at radius 2 is 1.30 bits per heavy atom. The predicted octanol–water partition coefficient (Wildman–Crippen LogP) is 1.87. The average Bonchev–Trinajstić information content (AvgIpc) is 2.45. The van der Waals surface area contributed by atoms with Crippen LogP contribution >= 0.6 is 0 Å². The number of aliphatic hydroxyl groups excluding tert-OH is 2. The first-order valence-corrected chi connectivity index (χ1v) is 6.04. The summed E-state index contributed by atoms with van der Waals surface area (Å²) in [5.74, 6) is 0.285. The molecule has 0 saturated carbocycles. The number of benzene rings is 2. The zero-order chi connectivity index (χ0) is 14.7. The molecule has 2 atom stereocenters. The van der Waals surface area contributed by atoms with Crippen molar-refractivity contribution < 1.29 is 25.2 Å². The Hall–Kier alpha value is -2.24. The Bertz CT molecular complexity index is 559. The summed E-state index contributed by atoms with van der Waals surface area (Å²) < 4.78 is 5.02. The van der Waals surface area contributed by atoms with Gasteiger partial charge < -0.3 is 25.2 Å². The van der Waals surface area contributed by atoms with Crippen molar-refractivity contribution in [2.24, 2.45) is 0 Å². The number of methoxy groups -OCH3 is 1. The second kappa shape index (κ2) is 5.81. The van der Waals surface area contributed by atoms with E-state index in [9.17, 15) is 20.4 Å². The second-order valence-electron chi connectivity index (χ2n) is 4.45. The number of phenols is 2. The van der Waals surface area contributed by atoms with Gasteiger partial charge in [-0.2, -0.15) is 0 Å². The van der Waals surface area contributed by atoms with Gasteiger partial charge in [0.15, 0.2) is 0 Å². The number of rotatable bonds is 4. The molecule has 2 aromatic carbocycles. The van der Waals surface area contributed by atoms with Crippen molar-refractivity contribution >= 4 is 0 Å². The summed E-state index contributed by atoms with van der Waals surface area (Å²) in [6.45, 7) is 0. The van der Waals surface area contributed by atoms with Crippen LogP contribution in [0.2, 0.25) is 0 Å². The molecular formula is C15H16O5. The second-order valence-corrected chi connectivity index (χ2v) is 4.45. The lowest BCUT2D eigenvalue weighted by Crippen LogP contribution is -2.10. The molecule has 0 radical (unpaired) electrons. The van der Waals surface area contributed by atoms with Crippen LogP contribution < -0.4 is 4.74 Å². The quantitative estimate of drug-likeness (QED) is 0.684. The highest BCUT2D eigenvalue weighted by Crippen LogP contribution is 2.33. The largest absolute Gasteiger partial charge is 0.508 e. The molecule has 5 heteroatoms. The molecule has 0 saturated heterocycles. The highest BCUT2D eigenvalue weighted by atomic mass is 16.5. The minimum Gasteiger partial charge on any atom is -0.508 e. The van der Waals surface area contributed by atoms with Gasteiger partial charge in [0, 0.05) is 6.07 Å². The Balaban J connectivity index is 2.24. The maximum Gasteiger partial charge on any atom is 0.119 e. The number of hydrogen-bond donors (Lipinski definition) is 4. The van der Waals surface area contributed by atoms with Crippen molar-refractivity contribution in [3.8, 4) is 17.2 Å². The fraction of sp³-hybridized carbons (Fsp3) is 0.200. The van der Waals surface area contributed by atoms with Crippen LogP contribution in [0.1, 0.15) is 23.3 Å². The molecule has 4 N–H and O–H groups in total. The van der Waals surface area contributed by atoms with Crippen LogP contribution in [0.3, 0.4) is 0 Å². The van der Waals surface area contributed by atoms with Gasteiger partial charge in [-0.3, -0.25) is 0 Å². The molecule has 2 aromatic rings. The molecule has 0 aromatic heterocycles. The van der Waals surface area contributed by atoms with E-state index in [4.69, 9.17) is 4.74 Å². The van der Waals surface area contributed by atoms with E-state index in [0.717, 1.165) is 6.07 Å². The minimum absolute atomic E-state index is 0.180. The van der Waals surface area contributed by atoms with Crippen molar-refractivity contribution in [3.63, 3.8) is 0 Å². The summed E-state index contributed by atoms with van der Waals surface area (Å²) >= 11 is 0. The highest BCUT2D eigenvalue weighted by molar-refractivity contribution is 5.39. The Kier molecular flexibility index (Phi) is 4.12. The van der Waals surface area contributed by atoms with Crippen molar-refractivity contribution in [2.45, 2.75) is 12.2 Å². The first-order chi connectivity index (χ1) is 9.51. The van der Waals surface area contributed by atoms with Crippen LogP contribution in [-0.2, 0) is 0 Å². The Labute approximate surface area is 116 Å². The third-order valence-electron chi connectivity index (χ3n) is 3.02. The molecule has 5 nitrogen and oxygen atoms in total. The standard InChI is InChI=1S/C15H16O5/c1-20-13-4-2-9(3-5-13)14(18)15(19)10-6-11(16)8-12(17)7-10/h2-8,14-19H,1H3. The average molecular weight is 276 g/mol. The van der Waals surface area contributed by atoms with Crippen LogP contribution in [0.4, 0.5) is 0 Å². The maximum atomic E-state index is 10.1. The summed E-state index contributed by atoms with van der Waals surface area (Å²) in [5, 5.41) is 39.0. The fourth-order valence-corrected chi connectivity index (χ4v) is 1.95. The normalized spacial score (nSPS) is 13.8. The molecule has 0 aliphatic heterocycles. The molecule has 106 valence electrons. The van der Waals surface area contributed by atoms with E-state index < -0.39 is 12.2 Å². The number of phenolic OH excluding ortho intramolecular Hbond substituents is 2. The summed E-state index contributed by atoms with van der Waals surface area (Å²) in [4.78, 5) is 0. The smallest absolute Gasteiger partial charge is 0.119 e. The Morgan fingerprint density at radius 1 is 0.800 bits per heavy atom. The lowest BCUT2D eigenvalue weighted by atomic mass is 9.98. The number of hydrogen-bond acceptors (Lipinski definition) is 5. The lowest BCUT2D eigenvalue weighted by Gasteiger charge is -2.19. The van der Waals surface area contributed by atoms with Gasteiger partial charge in [-0.15, -0.1) is 0 Å². The van der Waals surface area contributed by atoms with Gasteiger partial charge in [0.25, 0.3) is 0 Å². The third-order valence-corrected chi connectivity index (χ3v) is 3.02. The van der Waals surface area contributed by atoms with Crippen LogP contribution in [0.5, 0.6) is 17.2 Å². The number of aliphatic hydroxyl groups is 2. The van der Waals surface area contributed by atoms with Crippen molar-refractivity contribution in [3.05, 3.63) is 53.6 Å². The maximum absolute atomic E-state index is 10.1. The summed E-state index contributed by atoms with van der Waals surface area (Å²) in [7, 11) is 1.54. The minimum atomic E-state index is -1.26. The van der Waals surface area contributed by atoms with E-state index in [1.165, 1.54) is 19.2 Å². The number of aromatic hydroxyl groups is 2. The van der Waals surface area contributed by atoms with Gasteiger partial charge in [0.1, 0.15) is 29.5 Å². The molecule has 0 spiro atoms.